The molecule has 0 saturated carbocycles. The highest BCUT2D eigenvalue weighted by Gasteiger charge is 2.19. The van der Waals surface area contributed by atoms with E-state index in [0.29, 0.717) is 5.02 Å². The smallest absolute Gasteiger partial charge is 0.151 e. The molecule has 24 heavy (non-hydrogen) atoms. The molecule has 3 aromatic rings. The summed E-state index contributed by atoms with van der Waals surface area (Å²) in [7, 11) is 1.90. The molecular formula is C19H16ClN3O. The summed E-state index contributed by atoms with van der Waals surface area (Å²) in [5, 5.41) is 18.3. The third-order valence-electron chi connectivity index (χ3n) is 4.17. The molecule has 0 aliphatic carbocycles. The minimum absolute atomic E-state index is 0.618. The van der Waals surface area contributed by atoms with Gasteiger partial charge in [0.05, 0.1) is 6.20 Å². The monoisotopic (exact) mass is 337 g/mol. The Morgan fingerprint density at radius 2 is 1.83 bits per heavy atom. The summed E-state index contributed by atoms with van der Waals surface area (Å²) in [6, 6.07) is 13.7. The lowest BCUT2D eigenvalue weighted by atomic mass is 9.97. The van der Waals surface area contributed by atoms with Crippen LogP contribution in [0.5, 0.6) is 0 Å². The summed E-state index contributed by atoms with van der Waals surface area (Å²) in [6.45, 7) is 0. The summed E-state index contributed by atoms with van der Waals surface area (Å²) < 4.78 is 1.78. The molecule has 4 rings (SSSR count). The molecule has 2 heterocycles. The summed E-state index contributed by atoms with van der Waals surface area (Å²) >= 11 is 6.01. The van der Waals surface area contributed by atoms with Crippen molar-refractivity contribution in [2.75, 3.05) is 0 Å². The van der Waals surface area contributed by atoms with E-state index in [1.54, 1.807) is 10.7 Å². The molecule has 1 unspecified atom stereocenters. The van der Waals surface area contributed by atoms with E-state index in [2.05, 4.69) is 22.5 Å². The first kappa shape index (κ1) is 15.0. The molecular weight excluding hydrogens is 322 g/mol. The maximum atomic E-state index is 10.3. The number of nitrogens with zero attached hydrogens (tertiary/aromatic N) is 2. The van der Waals surface area contributed by atoms with Gasteiger partial charge in [-0.1, -0.05) is 41.9 Å². The van der Waals surface area contributed by atoms with Crippen molar-refractivity contribution in [2.24, 2.45) is 7.05 Å². The maximum Gasteiger partial charge on any atom is 0.151 e. The normalized spacial score (nSPS) is 16.3. The van der Waals surface area contributed by atoms with Gasteiger partial charge in [-0.3, -0.25) is 4.68 Å². The standard InChI is InChI=1S/C19H16ClN3O/c1-23-11-15(10-21-23)12-2-4-13(5-3-12)18-8-14-6-7-16(20)9-17(14)19(24)22-18/h2-11,19,22,24H,1H3. The highest BCUT2D eigenvalue weighted by atomic mass is 35.5. The molecule has 0 radical (unpaired) electrons. The summed E-state index contributed by atoms with van der Waals surface area (Å²) in [4.78, 5) is 0. The van der Waals surface area contributed by atoms with Crippen molar-refractivity contribution in [3.8, 4) is 11.1 Å². The number of aliphatic hydroxyl groups is 1. The van der Waals surface area contributed by atoms with E-state index in [0.717, 1.165) is 33.5 Å². The molecule has 0 amide bonds. The number of halogens is 1. The molecule has 1 aliphatic rings. The van der Waals surface area contributed by atoms with Crippen molar-refractivity contribution < 1.29 is 5.11 Å². The third-order valence-corrected chi connectivity index (χ3v) is 4.40. The Balaban J connectivity index is 1.68. The number of rotatable bonds is 2. The van der Waals surface area contributed by atoms with Gasteiger partial charge in [-0.15, -0.1) is 0 Å². The van der Waals surface area contributed by atoms with Gasteiger partial charge in [-0.2, -0.15) is 5.10 Å². The van der Waals surface area contributed by atoms with E-state index < -0.39 is 6.23 Å². The second-order valence-corrected chi connectivity index (χ2v) is 6.29. The number of hydrogen-bond donors (Lipinski definition) is 2. The molecule has 120 valence electrons. The van der Waals surface area contributed by atoms with Gasteiger partial charge in [0.15, 0.2) is 6.23 Å². The van der Waals surface area contributed by atoms with Crippen molar-refractivity contribution in [1.29, 1.82) is 0 Å². The van der Waals surface area contributed by atoms with Gasteiger partial charge in [0.1, 0.15) is 0 Å². The SMILES string of the molecule is Cn1cc(-c2ccc(C3=Cc4ccc(Cl)cc4C(O)N3)cc2)cn1. The molecule has 4 nitrogen and oxygen atoms in total. The van der Waals surface area contributed by atoms with Crippen molar-refractivity contribution >= 4 is 23.4 Å². The summed E-state index contributed by atoms with van der Waals surface area (Å²) in [6.07, 6.45) is 5.09. The van der Waals surface area contributed by atoms with Crippen LogP contribution >= 0.6 is 11.6 Å². The molecule has 2 N–H and O–H groups in total. The number of benzene rings is 2. The fourth-order valence-electron chi connectivity index (χ4n) is 2.92. The lowest BCUT2D eigenvalue weighted by Crippen LogP contribution is -2.23. The molecule has 1 aliphatic heterocycles. The lowest BCUT2D eigenvalue weighted by molar-refractivity contribution is 0.158. The Morgan fingerprint density at radius 3 is 2.54 bits per heavy atom. The first-order valence-electron chi connectivity index (χ1n) is 7.65. The van der Waals surface area contributed by atoms with E-state index in [9.17, 15) is 5.11 Å². The van der Waals surface area contributed by atoms with Crippen molar-refractivity contribution in [1.82, 2.24) is 15.1 Å². The Labute approximate surface area is 145 Å². The predicted molar refractivity (Wildman–Crippen MR) is 96.1 cm³/mol. The number of nitrogens with one attached hydrogen (secondary N) is 1. The van der Waals surface area contributed by atoms with Crippen LogP contribution in [0.15, 0.2) is 54.9 Å². The van der Waals surface area contributed by atoms with Gasteiger partial charge in [-0.05, 0) is 34.9 Å². The van der Waals surface area contributed by atoms with E-state index in [1.807, 2.05) is 49.8 Å². The minimum Gasteiger partial charge on any atom is -0.369 e. The van der Waals surface area contributed by atoms with Gasteiger partial charge in [0.25, 0.3) is 0 Å². The molecule has 0 saturated heterocycles. The van der Waals surface area contributed by atoms with Crippen molar-refractivity contribution in [3.63, 3.8) is 0 Å². The average molecular weight is 338 g/mol. The van der Waals surface area contributed by atoms with Gasteiger partial charge in [0, 0.05) is 35.1 Å². The Morgan fingerprint density at radius 1 is 1.08 bits per heavy atom. The number of fused-ring (bicyclic) bond motifs is 1. The van der Waals surface area contributed by atoms with Crippen LogP contribution in [0, 0.1) is 0 Å². The van der Waals surface area contributed by atoms with E-state index >= 15 is 0 Å². The molecule has 5 heteroatoms. The Bertz CT molecular complexity index is 928. The van der Waals surface area contributed by atoms with Crippen LogP contribution in [0.25, 0.3) is 22.9 Å². The quantitative estimate of drug-likeness (QED) is 0.747. The third kappa shape index (κ3) is 2.70. The highest BCUT2D eigenvalue weighted by molar-refractivity contribution is 6.30. The molecule has 0 spiro atoms. The number of aliphatic hydroxyl groups excluding tert-OH is 1. The van der Waals surface area contributed by atoms with E-state index in [4.69, 9.17) is 11.6 Å². The number of hydrogen-bond acceptors (Lipinski definition) is 3. The Hall–Kier alpha value is -2.56. The number of aryl methyl sites for hydroxylation is 1. The first-order valence-corrected chi connectivity index (χ1v) is 8.03. The first-order chi connectivity index (χ1) is 11.6. The molecule has 0 bridgehead atoms. The zero-order valence-electron chi connectivity index (χ0n) is 13.1. The van der Waals surface area contributed by atoms with Crippen LogP contribution in [-0.2, 0) is 7.05 Å². The van der Waals surface area contributed by atoms with Crippen molar-refractivity contribution in [2.45, 2.75) is 6.23 Å². The number of aromatic nitrogens is 2. The van der Waals surface area contributed by atoms with Crippen LogP contribution in [0.4, 0.5) is 0 Å². The zero-order chi connectivity index (χ0) is 16.7. The van der Waals surface area contributed by atoms with Crippen LogP contribution in [0.3, 0.4) is 0 Å². The fraction of sp³-hybridized carbons (Fsp3) is 0.105. The van der Waals surface area contributed by atoms with Crippen LogP contribution in [0.1, 0.15) is 22.9 Å². The molecule has 1 aromatic heterocycles. The zero-order valence-corrected chi connectivity index (χ0v) is 13.8. The predicted octanol–water partition coefficient (Wildman–Crippen LogP) is 3.83. The van der Waals surface area contributed by atoms with Crippen LogP contribution in [-0.4, -0.2) is 14.9 Å². The largest absolute Gasteiger partial charge is 0.369 e. The Kier molecular flexibility index (Phi) is 3.63. The second kappa shape index (κ2) is 5.82. The van der Waals surface area contributed by atoms with Crippen LogP contribution < -0.4 is 5.32 Å². The minimum atomic E-state index is -0.767. The van der Waals surface area contributed by atoms with Crippen molar-refractivity contribution in [3.05, 3.63) is 76.6 Å². The van der Waals surface area contributed by atoms with E-state index in [-0.39, 0.29) is 0 Å². The molecule has 2 aromatic carbocycles. The topological polar surface area (TPSA) is 50.1 Å². The van der Waals surface area contributed by atoms with Gasteiger partial charge < -0.3 is 10.4 Å². The van der Waals surface area contributed by atoms with Gasteiger partial charge in [0.2, 0.25) is 0 Å². The van der Waals surface area contributed by atoms with Gasteiger partial charge >= 0.3 is 0 Å². The van der Waals surface area contributed by atoms with Crippen LogP contribution in [0.2, 0.25) is 5.02 Å². The second-order valence-electron chi connectivity index (χ2n) is 5.86. The highest BCUT2D eigenvalue weighted by Crippen LogP contribution is 2.31. The molecule has 1 atom stereocenters. The van der Waals surface area contributed by atoms with E-state index in [1.165, 1.54) is 0 Å². The summed E-state index contributed by atoms with van der Waals surface area (Å²) in [5.41, 5.74) is 5.85. The summed E-state index contributed by atoms with van der Waals surface area (Å²) in [5.74, 6) is 0. The molecule has 0 fully saturated rings. The lowest BCUT2D eigenvalue weighted by Gasteiger charge is -2.24. The maximum absolute atomic E-state index is 10.3. The fourth-order valence-corrected chi connectivity index (χ4v) is 3.10. The average Bonchev–Trinajstić information content (AvgIpc) is 3.02. The van der Waals surface area contributed by atoms with Gasteiger partial charge in [-0.25, -0.2) is 0 Å².